The van der Waals surface area contributed by atoms with Gasteiger partial charge >= 0.3 is 0 Å². The van der Waals surface area contributed by atoms with Crippen LogP contribution in [0.25, 0.3) is 0 Å². The number of unbranched alkanes of at least 4 members (excludes halogenated alkanes) is 1. The second-order valence-corrected chi connectivity index (χ2v) is 5.49. The van der Waals surface area contributed by atoms with E-state index < -0.39 is 0 Å². The van der Waals surface area contributed by atoms with Gasteiger partial charge in [-0.25, -0.2) is 4.98 Å². The summed E-state index contributed by atoms with van der Waals surface area (Å²) < 4.78 is 2.21. The van der Waals surface area contributed by atoms with E-state index in [9.17, 15) is 0 Å². The van der Waals surface area contributed by atoms with Crippen molar-refractivity contribution >= 4 is 17.5 Å². The van der Waals surface area contributed by atoms with E-state index in [-0.39, 0.29) is 0 Å². The zero-order valence-corrected chi connectivity index (χ0v) is 13.0. The minimum absolute atomic E-state index is 0.785. The molecule has 108 valence electrons. The molecule has 0 amide bonds. The Balaban J connectivity index is 1.88. The molecule has 2 rings (SSSR count). The Bertz CT molecular complexity index is 531. The molecule has 0 saturated carbocycles. The van der Waals surface area contributed by atoms with Gasteiger partial charge in [0.1, 0.15) is 0 Å². The van der Waals surface area contributed by atoms with E-state index >= 15 is 0 Å². The fourth-order valence-electron chi connectivity index (χ4n) is 2.16. The van der Waals surface area contributed by atoms with E-state index in [2.05, 4.69) is 40.1 Å². The summed E-state index contributed by atoms with van der Waals surface area (Å²) in [6, 6.07) is 8.00. The van der Waals surface area contributed by atoms with Crippen LogP contribution in [-0.4, -0.2) is 16.1 Å². The summed E-state index contributed by atoms with van der Waals surface area (Å²) in [5.41, 5.74) is 2.35. The van der Waals surface area contributed by atoms with Gasteiger partial charge in [-0.3, -0.25) is 0 Å². The van der Waals surface area contributed by atoms with Crippen LogP contribution in [0.3, 0.4) is 0 Å². The third kappa shape index (κ3) is 4.27. The number of nitrogens with one attached hydrogen (secondary N) is 1. The molecule has 0 spiro atoms. The first kappa shape index (κ1) is 14.9. The molecule has 1 heterocycles. The average Bonchev–Trinajstić information content (AvgIpc) is 2.79. The molecular weight excluding hydrogens is 270 g/mol. The molecule has 0 radical (unpaired) electrons. The molecule has 0 unspecified atom stereocenters. The molecule has 0 aliphatic carbocycles. The van der Waals surface area contributed by atoms with Gasteiger partial charge in [0.15, 0.2) is 0 Å². The number of nitrogens with zero attached hydrogens (tertiary/aromatic N) is 2. The highest BCUT2D eigenvalue weighted by molar-refractivity contribution is 6.30. The molecule has 1 aromatic carbocycles. The zero-order valence-electron chi connectivity index (χ0n) is 12.2. The highest BCUT2D eigenvalue weighted by Crippen LogP contribution is 2.12. The van der Waals surface area contributed by atoms with E-state index in [1.807, 2.05) is 19.1 Å². The number of hydrogen-bond acceptors (Lipinski definition) is 2. The van der Waals surface area contributed by atoms with Crippen molar-refractivity contribution in [3.8, 4) is 0 Å². The monoisotopic (exact) mass is 291 g/mol. The summed E-state index contributed by atoms with van der Waals surface area (Å²) in [4.78, 5) is 4.54. The average molecular weight is 292 g/mol. The molecule has 1 aromatic heterocycles. The summed E-state index contributed by atoms with van der Waals surface area (Å²) in [7, 11) is 0. The Kier molecular flexibility index (Phi) is 5.48. The fourth-order valence-corrected chi connectivity index (χ4v) is 2.28. The number of aromatic nitrogens is 2. The summed E-state index contributed by atoms with van der Waals surface area (Å²) >= 11 is 5.88. The Morgan fingerprint density at radius 2 is 2.00 bits per heavy atom. The van der Waals surface area contributed by atoms with Crippen molar-refractivity contribution in [2.45, 2.75) is 39.7 Å². The van der Waals surface area contributed by atoms with Gasteiger partial charge in [0.05, 0.1) is 5.69 Å². The lowest BCUT2D eigenvalue weighted by Gasteiger charge is -2.09. The van der Waals surface area contributed by atoms with E-state index in [0.717, 1.165) is 36.2 Å². The summed E-state index contributed by atoms with van der Waals surface area (Å²) in [6.45, 7) is 6.15. The minimum atomic E-state index is 0.785. The number of hydrogen-bond donors (Lipinski definition) is 1. The molecule has 0 aliphatic rings. The number of aryl methyl sites for hydroxylation is 2. The van der Waals surface area contributed by atoms with Crippen molar-refractivity contribution in [2.24, 2.45) is 0 Å². The summed E-state index contributed by atoms with van der Waals surface area (Å²) in [6.07, 6.45) is 5.46. The Hall–Kier alpha value is -1.48. The van der Waals surface area contributed by atoms with Crippen molar-refractivity contribution < 1.29 is 0 Å². The lowest BCUT2D eigenvalue weighted by atomic mass is 10.1. The number of halogens is 1. The predicted octanol–water partition coefficient (Wildman–Crippen LogP) is 4.30. The second-order valence-electron chi connectivity index (χ2n) is 5.06. The van der Waals surface area contributed by atoms with Crippen LogP contribution in [0, 0.1) is 6.92 Å². The van der Waals surface area contributed by atoms with Crippen molar-refractivity contribution in [3.05, 3.63) is 46.7 Å². The molecule has 3 nitrogen and oxygen atoms in total. The maximum atomic E-state index is 5.88. The number of imidazole rings is 1. The molecule has 0 atom stereocenters. The van der Waals surface area contributed by atoms with Crippen LogP contribution in [0.1, 0.15) is 31.0 Å². The topological polar surface area (TPSA) is 29.9 Å². The van der Waals surface area contributed by atoms with Gasteiger partial charge in [-0.1, -0.05) is 37.1 Å². The molecular formula is C16H22ClN3. The van der Waals surface area contributed by atoms with E-state index in [4.69, 9.17) is 11.6 Å². The van der Waals surface area contributed by atoms with Gasteiger partial charge in [0, 0.05) is 24.3 Å². The highest BCUT2D eigenvalue weighted by Gasteiger charge is 2.04. The van der Waals surface area contributed by atoms with Gasteiger partial charge in [-0.2, -0.15) is 0 Å². The fraction of sp³-hybridized carbons (Fsp3) is 0.438. The SMILES string of the molecule is CCCCn1cc(C)nc1NCCc1ccc(Cl)cc1. The van der Waals surface area contributed by atoms with Crippen molar-refractivity contribution in [3.63, 3.8) is 0 Å². The van der Waals surface area contributed by atoms with Crippen LogP contribution in [0.4, 0.5) is 5.95 Å². The van der Waals surface area contributed by atoms with Gasteiger partial charge < -0.3 is 9.88 Å². The molecule has 0 saturated heterocycles. The van der Waals surface area contributed by atoms with E-state index in [1.54, 1.807) is 0 Å². The first-order valence-corrected chi connectivity index (χ1v) is 7.59. The van der Waals surface area contributed by atoms with Crippen LogP contribution in [-0.2, 0) is 13.0 Å². The molecule has 1 N–H and O–H groups in total. The zero-order chi connectivity index (χ0) is 14.4. The van der Waals surface area contributed by atoms with Crippen LogP contribution in [0.15, 0.2) is 30.5 Å². The summed E-state index contributed by atoms with van der Waals surface area (Å²) in [5.74, 6) is 0.977. The Labute approximate surface area is 126 Å². The number of benzene rings is 1. The van der Waals surface area contributed by atoms with Crippen molar-refractivity contribution in [1.82, 2.24) is 9.55 Å². The van der Waals surface area contributed by atoms with Crippen LogP contribution >= 0.6 is 11.6 Å². The third-order valence-electron chi connectivity index (χ3n) is 3.26. The first-order chi connectivity index (χ1) is 9.69. The molecule has 0 fully saturated rings. The van der Waals surface area contributed by atoms with Gasteiger partial charge in [-0.05, 0) is 37.5 Å². The molecule has 20 heavy (non-hydrogen) atoms. The Morgan fingerprint density at radius 1 is 1.25 bits per heavy atom. The molecule has 2 aromatic rings. The van der Waals surface area contributed by atoms with E-state index in [0.29, 0.717) is 0 Å². The van der Waals surface area contributed by atoms with Crippen molar-refractivity contribution in [2.75, 3.05) is 11.9 Å². The normalized spacial score (nSPS) is 10.8. The molecule has 0 aliphatic heterocycles. The number of rotatable bonds is 7. The third-order valence-corrected chi connectivity index (χ3v) is 3.51. The maximum Gasteiger partial charge on any atom is 0.203 e. The van der Waals surface area contributed by atoms with Crippen LogP contribution in [0.5, 0.6) is 0 Å². The van der Waals surface area contributed by atoms with Gasteiger partial charge in [-0.15, -0.1) is 0 Å². The van der Waals surface area contributed by atoms with E-state index in [1.165, 1.54) is 18.4 Å². The van der Waals surface area contributed by atoms with Gasteiger partial charge in [0.25, 0.3) is 0 Å². The maximum absolute atomic E-state index is 5.88. The number of anilines is 1. The Morgan fingerprint density at radius 3 is 2.70 bits per heavy atom. The van der Waals surface area contributed by atoms with Crippen molar-refractivity contribution in [1.29, 1.82) is 0 Å². The van der Waals surface area contributed by atoms with Gasteiger partial charge in [0.2, 0.25) is 5.95 Å². The predicted molar refractivity (Wildman–Crippen MR) is 85.5 cm³/mol. The first-order valence-electron chi connectivity index (χ1n) is 7.21. The lowest BCUT2D eigenvalue weighted by Crippen LogP contribution is -2.10. The largest absolute Gasteiger partial charge is 0.355 e. The van der Waals surface area contributed by atoms with Crippen LogP contribution < -0.4 is 5.32 Å². The minimum Gasteiger partial charge on any atom is -0.355 e. The standard InChI is InChI=1S/C16H22ClN3/c1-3-4-11-20-12-13(2)19-16(20)18-10-9-14-5-7-15(17)8-6-14/h5-8,12H,3-4,9-11H2,1-2H3,(H,18,19). The second kappa shape index (κ2) is 7.34. The smallest absolute Gasteiger partial charge is 0.203 e. The summed E-state index contributed by atoms with van der Waals surface area (Å²) in [5, 5.41) is 4.21. The lowest BCUT2D eigenvalue weighted by molar-refractivity contribution is 0.634. The quantitative estimate of drug-likeness (QED) is 0.824. The van der Waals surface area contributed by atoms with Crippen LogP contribution in [0.2, 0.25) is 5.02 Å². The highest BCUT2D eigenvalue weighted by atomic mass is 35.5. The molecule has 0 bridgehead atoms. The molecule has 4 heteroatoms.